The Balaban J connectivity index is 1.93. The normalized spacial score (nSPS) is 18.8. The first-order valence-corrected chi connectivity index (χ1v) is 6.16. The lowest BCUT2D eigenvalue weighted by Gasteiger charge is -2.20. The van der Waals surface area contributed by atoms with Crippen LogP contribution in [0.15, 0.2) is 0 Å². The molecule has 0 amide bonds. The van der Waals surface area contributed by atoms with E-state index in [9.17, 15) is 0 Å². The summed E-state index contributed by atoms with van der Waals surface area (Å²) < 4.78 is 0. The maximum absolute atomic E-state index is 3.61. The van der Waals surface area contributed by atoms with Crippen LogP contribution in [-0.2, 0) is 0 Å². The van der Waals surface area contributed by atoms with Crippen LogP contribution >= 0.6 is 0 Å². The summed E-state index contributed by atoms with van der Waals surface area (Å²) in [5.74, 6) is 0.970. The van der Waals surface area contributed by atoms with Gasteiger partial charge in [0.15, 0.2) is 0 Å². The van der Waals surface area contributed by atoms with Gasteiger partial charge < -0.3 is 15.1 Å². The minimum atomic E-state index is 0.729. The van der Waals surface area contributed by atoms with Gasteiger partial charge in [-0.2, -0.15) is 0 Å². The third-order valence-electron chi connectivity index (χ3n) is 3.22. The van der Waals surface area contributed by atoms with Crippen molar-refractivity contribution in [1.82, 2.24) is 15.1 Å². The van der Waals surface area contributed by atoms with Crippen molar-refractivity contribution in [2.75, 3.05) is 47.3 Å². The molecule has 0 aromatic heterocycles. The number of nitrogens with zero attached hydrogens (tertiary/aromatic N) is 2. The topological polar surface area (TPSA) is 18.5 Å². The summed E-state index contributed by atoms with van der Waals surface area (Å²) in [6, 6.07) is 0.729. The molecule has 0 spiro atoms. The molecular formula is C12H27N3. The molecule has 0 aromatic carbocycles. The molecule has 3 heteroatoms. The van der Waals surface area contributed by atoms with E-state index >= 15 is 0 Å². The van der Waals surface area contributed by atoms with Gasteiger partial charge in [0.1, 0.15) is 0 Å². The first kappa shape index (κ1) is 12.9. The average Bonchev–Trinajstić information content (AvgIpc) is 2.97. The second-order valence-electron chi connectivity index (χ2n) is 5.19. The SMILES string of the molecule is CC(NCCN(C)CCN(C)C)C1CC1. The molecule has 1 unspecified atom stereocenters. The molecule has 0 aromatic rings. The van der Waals surface area contributed by atoms with Crippen LogP contribution in [0.1, 0.15) is 19.8 Å². The Bertz CT molecular complexity index is 166. The molecular weight excluding hydrogens is 186 g/mol. The smallest absolute Gasteiger partial charge is 0.0107 e. The Morgan fingerprint density at radius 2 is 1.80 bits per heavy atom. The van der Waals surface area contributed by atoms with Gasteiger partial charge in [-0.15, -0.1) is 0 Å². The standard InChI is InChI=1S/C12H27N3/c1-11(12-5-6-12)13-7-8-15(4)10-9-14(2)3/h11-13H,5-10H2,1-4H3. The average molecular weight is 213 g/mol. The predicted molar refractivity (Wildman–Crippen MR) is 66.2 cm³/mol. The molecule has 0 radical (unpaired) electrons. The van der Waals surface area contributed by atoms with Gasteiger partial charge in [0, 0.05) is 32.2 Å². The van der Waals surface area contributed by atoms with Gasteiger partial charge in [-0.25, -0.2) is 0 Å². The van der Waals surface area contributed by atoms with Crippen molar-refractivity contribution in [1.29, 1.82) is 0 Å². The molecule has 90 valence electrons. The van der Waals surface area contributed by atoms with Crippen LogP contribution in [0.5, 0.6) is 0 Å². The summed E-state index contributed by atoms with van der Waals surface area (Å²) in [6.07, 6.45) is 2.87. The fraction of sp³-hybridized carbons (Fsp3) is 1.00. The van der Waals surface area contributed by atoms with Crippen molar-refractivity contribution < 1.29 is 0 Å². The summed E-state index contributed by atoms with van der Waals surface area (Å²) in [6.45, 7) is 6.91. The molecule has 0 saturated heterocycles. The highest BCUT2D eigenvalue weighted by Gasteiger charge is 2.27. The maximum atomic E-state index is 3.61. The second-order valence-corrected chi connectivity index (χ2v) is 5.19. The van der Waals surface area contributed by atoms with E-state index in [1.54, 1.807) is 0 Å². The van der Waals surface area contributed by atoms with Crippen LogP contribution in [0, 0.1) is 5.92 Å². The highest BCUT2D eigenvalue weighted by atomic mass is 15.2. The largest absolute Gasteiger partial charge is 0.313 e. The molecule has 0 aliphatic heterocycles. The minimum Gasteiger partial charge on any atom is -0.313 e. The van der Waals surface area contributed by atoms with Crippen LogP contribution < -0.4 is 5.32 Å². The van der Waals surface area contributed by atoms with Gasteiger partial charge in [0.25, 0.3) is 0 Å². The van der Waals surface area contributed by atoms with E-state index in [2.05, 4.69) is 43.2 Å². The van der Waals surface area contributed by atoms with E-state index in [4.69, 9.17) is 0 Å². The van der Waals surface area contributed by atoms with Crippen molar-refractivity contribution in [2.24, 2.45) is 5.92 Å². The Morgan fingerprint density at radius 3 is 2.33 bits per heavy atom. The monoisotopic (exact) mass is 213 g/mol. The van der Waals surface area contributed by atoms with E-state index in [0.717, 1.165) is 38.1 Å². The summed E-state index contributed by atoms with van der Waals surface area (Å²) >= 11 is 0. The summed E-state index contributed by atoms with van der Waals surface area (Å²) in [5, 5.41) is 3.61. The molecule has 1 rings (SSSR count). The van der Waals surface area contributed by atoms with Crippen LogP contribution in [0.25, 0.3) is 0 Å². The van der Waals surface area contributed by atoms with Gasteiger partial charge in [0.05, 0.1) is 0 Å². The van der Waals surface area contributed by atoms with Gasteiger partial charge in [-0.05, 0) is 46.8 Å². The van der Waals surface area contributed by atoms with E-state index in [0.29, 0.717) is 0 Å². The van der Waals surface area contributed by atoms with E-state index in [1.807, 2.05) is 0 Å². The van der Waals surface area contributed by atoms with Gasteiger partial charge in [0.2, 0.25) is 0 Å². The molecule has 1 aliphatic rings. The highest BCUT2D eigenvalue weighted by Crippen LogP contribution is 2.32. The number of likely N-dealkylation sites (N-methyl/N-ethyl adjacent to an activating group) is 2. The molecule has 15 heavy (non-hydrogen) atoms. The molecule has 1 saturated carbocycles. The van der Waals surface area contributed by atoms with Gasteiger partial charge in [-0.3, -0.25) is 0 Å². The number of hydrogen-bond donors (Lipinski definition) is 1. The molecule has 1 aliphatic carbocycles. The van der Waals surface area contributed by atoms with Crippen LogP contribution in [0.3, 0.4) is 0 Å². The zero-order valence-electron chi connectivity index (χ0n) is 10.8. The Hall–Kier alpha value is -0.120. The van der Waals surface area contributed by atoms with Gasteiger partial charge in [-0.1, -0.05) is 0 Å². The third kappa shape index (κ3) is 6.13. The number of hydrogen-bond acceptors (Lipinski definition) is 3. The Morgan fingerprint density at radius 1 is 1.13 bits per heavy atom. The minimum absolute atomic E-state index is 0.729. The maximum Gasteiger partial charge on any atom is 0.0107 e. The third-order valence-corrected chi connectivity index (χ3v) is 3.22. The first-order chi connectivity index (χ1) is 7.09. The lowest BCUT2D eigenvalue weighted by atomic mass is 10.2. The van der Waals surface area contributed by atoms with E-state index < -0.39 is 0 Å². The molecule has 0 bridgehead atoms. The van der Waals surface area contributed by atoms with Crippen LogP contribution in [0.2, 0.25) is 0 Å². The van der Waals surface area contributed by atoms with Crippen molar-refractivity contribution in [3.8, 4) is 0 Å². The zero-order valence-corrected chi connectivity index (χ0v) is 10.8. The van der Waals surface area contributed by atoms with Crippen molar-refractivity contribution >= 4 is 0 Å². The fourth-order valence-corrected chi connectivity index (χ4v) is 1.73. The summed E-state index contributed by atoms with van der Waals surface area (Å²) in [5.41, 5.74) is 0. The second kappa shape index (κ2) is 6.46. The predicted octanol–water partition coefficient (Wildman–Crippen LogP) is 0.868. The molecule has 0 heterocycles. The number of rotatable bonds is 8. The first-order valence-electron chi connectivity index (χ1n) is 6.16. The van der Waals surface area contributed by atoms with Crippen LogP contribution in [-0.4, -0.2) is 63.2 Å². The molecule has 1 fully saturated rings. The fourth-order valence-electron chi connectivity index (χ4n) is 1.73. The van der Waals surface area contributed by atoms with E-state index in [-0.39, 0.29) is 0 Å². The summed E-state index contributed by atoms with van der Waals surface area (Å²) in [7, 11) is 6.45. The number of nitrogens with one attached hydrogen (secondary N) is 1. The van der Waals surface area contributed by atoms with Gasteiger partial charge >= 0.3 is 0 Å². The van der Waals surface area contributed by atoms with Crippen LogP contribution in [0.4, 0.5) is 0 Å². The molecule has 1 N–H and O–H groups in total. The van der Waals surface area contributed by atoms with Crippen molar-refractivity contribution in [2.45, 2.75) is 25.8 Å². The lowest BCUT2D eigenvalue weighted by molar-refractivity contribution is 0.277. The Labute approximate surface area is 94.8 Å². The van der Waals surface area contributed by atoms with E-state index in [1.165, 1.54) is 12.8 Å². The zero-order chi connectivity index (χ0) is 11.3. The van der Waals surface area contributed by atoms with Crippen molar-refractivity contribution in [3.63, 3.8) is 0 Å². The lowest BCUT2D eigenvalue weighted by Crippen LogP contribution is -2.37. The highest BCUT2D eigenvalue weighted by molar-refractivity contribution is 4.83. The molecule has 3 nitrogen and oxygen atoms in total. The quantitative estimate of drug-likeness (QED) is 0.645. The molecule has 1 atom stereocenters. The Kier molecular flexibility index (Phi) is 5.58. The van der Waals surface area contributed by atoms with Crippen molar-refractivity contribution in [3.05, 3.63) is 0 Å². The summed E-state index contributed by atoms with van der Waals surface area (Å²) in [4.78, 5) is 4.63.